The van der Waals surface area contributed by atoms with Crippen LogP contribution in [0.2, 0.25) is 0 Å². The monoisotopic (exact) mass is 315 g/mol. The maximum absolute atomic E-state index is 10.2. The summed E-state index contributed by atoms with van der Waals surface area (Å²) in [7, 11) is 0. The van der Waals surface area contributed by atoms with Crippen molar-refractivity contribution < 1.29 is 9.84 Å². The number of hydrogen-bond donors (Lipinski definition) is 1. The molecule has 0 aliphatic rings. The van der Waals surface area contributed by atoms with Crippen molar-refractivity contribution in [3.05, 3.63) is 29.8 Å². The van der Waals surface area contributed by atoms with Crippen molar-refractivity contribution >= 4 is 0 Å². The molecule has 0 heterocycles. The summed E-state index contributed by atoms with van der Waals surface area (Å²) in [5.41, 5.74) is 0.675. The fourth-order valence-electron chi connectivity index (χ4n) is 2.28. The Morgan fingerprint density at radius 3 is 2.39 bits per heavy atom. The van der Waals surface area contributed by atoms with Gasteiger partial charge in [-0.05, 0) is 29.7 Å². The first-order chi connectivity index (χ1) is 10.8. The minimum absolute atomic E-state index is 0.100. The number of rotatable bonds is 8. The first kappa shape index (κ1) is 19.0. The molecule has 5 nitrogen and oxygen atoms in total. The molecule has 0 saturated heterocycles. The summed E-state index contributed by atoms with van der Waals surface area (Å²) in [5, 5.41) is 27.7. The highest BCUT2D eigenvalue weighted by Gasteiger charge is 2.19. The molecule has 1 aromatic carbocycles. The predicted molar refractivity (Wildman–Crippen MR) is 88.8 cm³/mol. The van der Waals surface area contributed by atoms with E-state index in [9.17, 15) is 5.11 Å². The first-order valence-electron chi connectivity index (χ1n) is 7.74. The molecule has 1 N–H and O–H groups in total. The van der Waals surface area contributed by atoms with Crippen molar-refractivity contribution in [2.75, 3.05) is 26.2 Å². The SMILES string of the molecule is CC(C)(C)CN(CCC#N)CC(O)COc1ccc(C#N)cc1. The van der Waals surface area contributed by atoms with E-state index in [1.165, 1.54) is 0 Å². The number of nitriles is 2. The summed E-state index contributed by atoms with van der Waals surface area (Å²) in [6.07, 6.45) is -0.189. The van der Waals surface area contributed by atoms with Crippen molar-refractivity contribution in [3.8, 4) is 17.9 Å². The predicted octanol–water partition coefficient (Wildman–Crippen LogP) is 2.56. The van der Waals surface area contributed by atoms with Gasteiger partial charge >= 0.3 is 0 Å². The van der Waals surface area contributed by atoms with Gasteiger partial charge in [0.05, 0.1) is 17.7 Å². The van der Waals surface area contributed by atoms with E-state index in [0.29, 0.717) is 30.8 Å². The minimum Gasteiger partial charge on any atom is -0.491 e. The molecule has 5 heteroatoms. The molecule has 0 bridgehead atoms. The molecule has 0 aromatic heterocycles. The fourth-order valence-corrected chi connectivity index (χ4v) is 2.28. The molecule has 124 valence electrons. The molecule has 0 radical (unpaired) electrons. The molecule has 0 aliphatic carbocycles. The van der Waals surface area contributed by atoms with E-state index in [4.69, 9.17) is 15.3 Å². The van der Waals surface area contributed by atoms with Crippen LogP contribution in [0.4, 0.5) is 0 Å². The Morgan fingerprint density at radius 1 is 1.22 bits per heavy atom. The van der Waals surface area contributed by atoms with E-state index in [1.54, 1.807) is 24.3 Å². The van der Waals surface area contributed by atoms with Crippen LogP contribution in [0.25, 0.3) is 0 Å². The highest BCUT2D eigenvalue weighted by Crippen LogP contribution is 2.16. The summed E-state index contributed by atoms with van der Waals surface area (Å²) in [4.78, 5) is 2.09. The lowest BCUT2D eigenvalue weighted by Crippen LogP contribution is -2.40. The number of aliphatic hydroxyl groups excluding tert-OH is 1. The molecule has 1 unspecified atom stereocenters. The topological polar surface area (TPSA) is 80.3 Å². The fraction of sp³-hybridized carbons (Fsp3) is 0.556. The minimum atomic E-state index is -0.633. The first-order valence-corrected chi connectivity index (χ1v) is 7.74. The van der Waals surface area contributed by atoms with Crippen molar-refractivity contribution in [2.45, 2.75) is 33.3 Å². The van der Waals surface area contributed by atoms with Gasteiger partial charge in [0.2, 0.25) is 0 Å². The molecule has 0 fully saturated rings. The van der Waals surface area contributed by atoms with Crippen LogP contribution >= 0.6 is 0 Å². The van der Waals surface area contributed by atoms with Gasteiger partial charge in [0.15, 0.2) is 0 Å². The molecular formula is C18H25N3O2. The average Bonchev–Trinajstić information content (AvgIpc) is 2.49. The van der Waals surface area contributed by atoms with Crippen LogP contribution in [0, 0.1) is 28.1 Å². The lowest BCUT2D eigenvalue weighted by atomic mass is 9.96. The number of aliphatic hydroxyl groups is 1. The normalized spacial score (nSPS) is 12.5. The van der Waals surface area contributed by atoms with E-state index < -0.39 is 6.10 Å². The van der Waals surface area contributed by atoms with Crippen LogP contribution in [0.5, 0.6) is 5.75 Å². The maximum Gasteiger partial charge on any atom is 0.119 e. The van der Waals surface area contributed by atoms with Gasteiger partial charge in [0, 0.05) is 26.1 Å². The van der Waals surface area contributed by atoms with Crippen LogP contribution in [0.1, 0.15) is 32.8 Å². The zero-order valence-electron chi connectivity index (χ0n) is 14.1. The van der Waals surface area contributed by atoms with E-state index >= 15 is 0 Å². The number of hydrogen-bond acceptors (Lipinski definition) is 5. The van der Waals surface area contributed by atoms with Gasteiger partial charge in [-0.1, -0.05) is 20.8 Å². The second-order valence-electron chi connectivity index (χ2n) is 6.80. The molecule has 1 atom stereocenters. The third-order valence-corrected chi connectivity index (χ3v) is 3.13. The highest BCUT2D eigenvalue weighted by molar-refractivity contribution is 5.34. The molecule has 0 saturated carbocycles. The molecule has 1 aromatic rings. The van der Waals surface area contributed by atoms with Crippen molar-refractivity contribution in [3.63, 3.8) is 0 Å². The molecular weight excluding hydrogens is 290 g/mol. The second kappa shape index (κ2) is 9.15. The Balaban J connectivity index is 2.49. The van der Waals surface area contributed by atoms with E-state index in [0.717, 1.165) is 6.54 Å². The van der Waals surface area contributed by atoms with Gasteiger partial charge in [-0.3, -0.25) is 4.90 Å². The third-order valence-electron chi connectivity index (χ3n) is 3.13. The van der Waals surface area contributed by atoms with Gasteiger partial charge in [0.25, 0.3) is 0 Å². The molecule has 0 amide bonds. The number of ether oxygens (including phenoxy) is 1. The summed E-state index contributed by atoms with van der Waals surface area (Å²) < 4.78 is 5.55. The molecule has 1 rings (SSSR count). The van der Waals surface area contributed by atoms with Gasteiger partial charge in [-0.25, -0.2) is 0 Å². The Bertz CT molecular complexity index is 550. The van der Waals surface area contributed by atoms with E-state index in [2.05, 4.69) is 31.7 Å². The standard InChI is InChI=1S/C18H25N3O2/c1-18(2,3)14-21(10-4-9-19)12-16(22)13-23-17-7-5-15(11-20)6-8-17/h5-8,16,22H,4,10,12-14H2,1-3H3. The second-order valence-corrected chi connectivity index (χ2v) is 6.80. The quantitative estimate of drug-likeness (QED) is 0.797. The van der Waals surface area contributed by atoms with Crippen LogP contribution < -0.4 is 4.74 Å². The summed E-state index contributed by atoms with van der Waals surface area (Å²) in [6.45, 7) is 8.49. The van der Waals surface area contributed by atoms with Gasteiger partial charge in [0.1, 0.15) is 18.5 Å². The van der Waals surface area contributed by atoms with Crippen LogP contribution in [-0.4, -0.2) is 42.4 Å². The summed E-state index contributed by atoms with van der Waals surface area (Å²) >= 11 is 0. The van der Waals surface area contributed by atoms with E-state index in [1.807, 2.05) is 6.07 Å². The van der Waals surface area contributed by atoms with Gasteiger partial charge in [-0.15, -0.1) is 0 Å². The van der Waals surface area contributed by atoms with Gasteiger partial charge < -0.3 is 9.84 Å². The zero-order chi connectivity index (χ0) is 17.3. The summed E-state index contributed by atoms with van der Waals surface area (Å²) in [6, 6.07) is 11.0. The van der Waals surface area contributed by atoms with Crippen LogP contribution in [0.15, 0.2) is 24.3 Å². The Hall–Kier alpha value is -2.08. The molecule has 0 spiro atoms. The Kier molecular flexibility index (Phi) is 7.54. The zero-order valence-corrected chi connectivity index (χ0v) is 14.1. The number of benzene rings is 1. The lowest BCUT2D eigenvalue weighted by molar-refractivity contribution is 0.0573. The average molecular weight is 315 g/mol. The lowest BCUT2D eigenvalue weighted by Gasteiger charge is -2.30. The van der Waals surface area contributed by atoms with E-state index in [-0.39, 0.29) is 12.0 Å². The molecule has 0 aliphatic heterocycles. The highest BCUT2D eigenvalue weighted by atomic mass is 16.5. The third kappa shape index (κ3) is 8.21. The van der Waals surface area contributed by atoms with Crippen LogP contribution in [0.3, 0.4) is 0 Å². The molecule has 23 heavy (non-hydrogen) atoms. The van der Waals surface area contributed by atoms with Crippen molar-refractivity contribution in [1.82, 2.24) is 4.90 Å². The van der Waals surface area contributed by atoms with Crippen LogP contribution in [-0.2, 0) is 0 Å². The van der Waals surface area contributed by atoms with Gasteiger partial charge in [-0.2, -0.15) is 10.5 Å². The largest absolute Gasteiger partial charge is 0.491 e. The maximum atomic E-state index is 10.2. The summed E-state index contributed by atoms with van der Waals surface area (Å²) in [5.74, 6) is 0.627. The Morgan fingerprint density at radius 2 is 1.87 bits per heavy atom. The Labute approximate surface area is 138 Å². The van der Waals surface area contributed by atoms with Crippen molar-refractivity contribution in [1.29, 1.82) is 10.5 Å². The number of nitrogens with zero attached hydrogens (tertiary/aromatic N) is 3. The smallest absolute Gasteiger partial charge is 0.119 e. The van der Waals surface area contributed by atoms with Crippen molar-refractivity contribution in [2.24, 2.45) is 5.41 Å².